The van der Waals surface area contributed by atoms with Crippen molar-refractivity contribution in [3.8, 4) is 5.75 Å². The summed E-state index contributed by atoms with van der Waals surface area (Å²) >= 11 is 3.33. The first-order chi connectivity index (χ1) is 11.0. The molecule has 5 heteroatoms. The van der Waals surface area contributed by atoms with Crippen LogP contribution in [0.5, 0.6) is 5.75 Å². The molecule has 1 aliphatic rings. The van der Waals surface area contributed by atoms with E-state index in [2.05, 4.69) is 15.9 Å². The van der Waals surface area contributed by atoms with Crippen LogP contribution in [0, 0.1) is 5.82 Å². The largest absolute Gasteiger partial charge is 0.507 e. The molecule has 1 unspecified atom stereocenters. The maximum atomic E-state index is 13.3. The van der Waals surface area contributed by atoms with Gasteiger partial charge in [-0.3, -0.25) is 4.79 Å². The molecule has 1 heterocycles. The van der Waals surface area contributed by atoms with Gasteiger partial charge in [0.25, 0.3) is 5.91 Å². The number of hydrogen-bond donors (Lipinski definition) is 1. The first kappa shape index (κ1) is 16.0. The Hall–Kier alpha value is -1.88. The van der Waals surface area contributed by atoms with Crippen molar-refractivity contribution in [1.29, 1.82) is 0 Å². The van der Waals surface area contributed by atoms with Crippen molar-refractivity contribution >= 4 is 21.8 Å². The van der Waals surface area contributed by atoms with Crippen molar-refractivity contribution in [3.63, 3.8) is 0 Å². The van der Waals surface area contributed by atoms with Crippen LogP contribution in [0.4, 0.5) is 4.39 Å². The number of hydrogen-bond acceptors (Lipinski definition) is 2. The van der Waals surface area contributed by atoms with E-state index in [1.165, 1.54) is 18.2 Å². The molecule has 120 valence electrons. The Bertz CT molecular complexity index is 735. The van der Waals surface area contributed by atoms with Gasteiger partial charge in [-0.25, -0.2) is 4.39 Å². The molecule has 1 fully saturated rings. The minimum atomic E-state index is -0.261. The summed E-state index contributed by atoms with van der Waals surface area (Å²) in [5.41, 5.74) is 1.18. The maximum absolute atomic E-state index is 13.3. The summed E-state index contributed by atoms with van der Waals surface area (Å²) in [5, 5.41) is 9.96. The van der Waals surface area contributed by atoms with Crippen LogP contribution in [-0.2, 0) is 6.42 Å². The molecule has 2 aromatic rings. The third-order valence-electron chi connectivity index (χ3n) is 4.19. The molecule has 1 saturated heterocycles. The number of nitrogens with zero attached hydrogens (tertiary/aromatic N) is 1. The number of halogens is 2. The summed E-state index contributed by atoms with van der Waals surface area (Å²) < 4.78 is 14.1. The van der Waals surface area contributed by atoms with Gasteiger partial charge in [0.1, 0.15) is 11.6 Å². The average molecular weight is 378 g/mol. The zero-order valence-electron chi connectivity index (χ0n) is 12.5. The van der Waals surface area contributed by atoms with Gasteiger partial charge >= 0.3 is 0 Å². The van der Waals surface area contributed by atoms with E-state index in [0.717, 1.165) is 22.9 Å². The monoisotopic (exact) mass is 377 g/mol. The second kappa shape index (κ2) is 6.71. The lowest BCUT2D eigenvalue weighted by Gasteiger charge is -2.25. The number of likely N-dealkylation sites (tertiary alicyclic amines) is 1. The molecule has 1 atom stereocenters. The fourth-order valence-electron chi connectivity index (χ4n) is 3.09. The lowest BCUT2D eigenvalue weighted by molar-refractivity contribution is 0.0733. The molecule has 2 aromatic carbocycles. The van der Waals surface area contributed by atoms with Gasteiger partial charge in [0.15, 0.2) is 0 Å². The topological polar surface area (TPSA) is 40.5 Å². The fourth-order valence-corrected chi connectivity index (χ4v) is 3.45. The molecule has 0 aromatic heterocycles. The molecule has 1 N–H and O–H groups in total. The third kappa shape index (κ3) is 3.55. The fraction of sp³-hybridized carbons (Fsp3) is 0.278. The number of rotatable bonds is 3. The van der Waals surface area contributed by atoms with Crippen molar-refractivity contribution in [1.82, 2.24) is 4.90 Å². The van der Waals surface area contributed by atoms with E-state index >= 15 is 0 Å². The second-order valence-corrected chi connectivity index (χ2v) is 6.71. The number of amides is 1. The van der Waals surface area contributed by atoms with Crippen LogP contribution in [0.25, 0.3) is 0 Å². The molecule has 0 aliphatic carbocycles. The summed E-state index contributed by atoms with van der Waals surface area (Å²) in [5.74, 6) is -0.458. The van der Waals surface area contributed by atoms with Gasteiger partial charge in [0.05, 0.1) is 5.56 Å². The molecule has 0 radical (unpaired) electrons. The normalized spacial score (nSPS) is 17.5. The molecule has 3 nitrogen and oxygen atoms in total. The number of carbonyl (C=O) groups is 1. The van der Waals surface area contributed by atoms with Crippen LogP contribution in [0.15, 0.2) is 46.9 Å². The van der Waals surface area contributed by atoms with E-state index in [1.807, 2.05) is 6.07 Å². The number of phenols is 1. The Morgan fingerprint density at radius 2 is 2.13 bits per heavy atom. The molecular formula is C18H17BrFNO2. The highest BCUT2D eigenvalue weighted by Gasteiger charge is 2.30. The van der Waals surface area contributed by atoms with Gasteiger partial charge in [-0.15, -0.1) is 0 Å². The Kier molecular flexibility index (Phi) is 4.66. The van der Waals surface area contributed by atoms with Gasteiger partial charge in [0.2, 0.25) is 0 Å². The molecule has 0 bridgehead atoms. The Morgan fingerprint density at radius 3 is 2.91 bits per heavy atom. The van der Waals surface area contributed by atoms with Crippen molar-refractivity contribution in [2.24, 2.45) is 0 Å². The first-order valence-corrected chi connectivity index (χ1v) is 8.38. The lowest BCUT2D eigenvalue weighted by Crippen LogP contribution is -2.36. The van der Waals surface area contributed by atoms with Gasteiger partial charge in [-0.05, 0) is 55.2 Å². The van der Waals surface area contributed by atoms with Crippen molar-refractivity contribution in [2.45, 2.75) is 25.3 Å². The quantitative estimate of drug-likeness (QED) is 0.872. The molecule has 1 aliphatic heterocycles. The van der Waals surface area contributed by atoms with Crippen molar-refractivity contribution in [3.05, 3.63) is 63.9 Å². The molecule has 23 heavy (non-hydrogen) atoms. The van der Waals surface area contributed by atoms with Crippen molar-refractivity contribution < 1.29 is 14.3 Å². The third-order valence-corrected chi connectivity index (χ3v) is 4.68. The Labute approximate surface area is 142 Å². The van der Waals surface area contributed by atoms with E-state index in [4.69, 9.17) is 0 Å². The minimum Gasteiger partial charge on any atom is -0.507 e. The lowest BCUT2D eigenvalue weighted by atomic mass is 10.0. The SMILES string of the molecule is O=C(c1cc(Br)ccc1O)N1CCCC1Cc1cccc(F)c1. The summed E-state index contributed by atoms with van der Waals surface area (Å²) in [6.07, 6.45) is 2.43. The van der Waals surface area contributed by atoms with Crippen LogP contribution < -0.4 is 0 Å². The molecular weight excluding hydrogens is 361 g/mol. The number of aromatic hydroxyl groups is 1. The Morgan fingerprint density at radius 1 is 1.30 bits per heavy atom. The molecule has 1 amide bonds. The van der Waals surface area contributed by atoms with Gasteiger partial charge in [-0.1, -0.05) is 28.1 Å². The van der Waals surface area contributed by atoms with E-state index in [-0.39, 0.29) is 23.5 Å². The highest BCUT2D eigenvalue weighted by Crippen LogP contribution is 2.28. The van der Waals surface area contributed by atoms with Crippen molar-refractivity contribution in [2.75, 3.05) is 6.54 Å². The Balaban J connectivity index is 1.81. The smallest absolute Gasteiger partial charge is 0.257 e. The number of phenolic OH excluding ortho intramolecular Hbond substituents is 1. The summed E-state index contributed by atoms with van der Waals surface area (Å²) in [4.78, 5) is 14.5. The molecule has 0 saturated carbocycles. The summed E-state index contributed by atoms with van der Waals surface area (Å²) in [6.45, 7) is 0.658. The first-order valence-electron chi connectivity index (χ1n) is 7.58. The zero-order chi connectivity index (χ0) is 16.4. The van der Waals surface area contributed by atoms with E-state index < -0.39 is 0 Å². The van der Waals surface area contributed by atoms with E-state index in [9.17, 15) is 14.3 Å². The van der Waals surface area contributed by atoms with Gasteiger partial charge in [-0.2, -0.15) is 0 Å². The second-order valence-electron chi connectivity index (χ2n) is 5.79. The predicted octanol–water partition coefficient (Wildman–Crippen LogP) is 4.14. The molecule has 0 spiro atoms. The van der Waals surface area contributed by atoms with Crippen LogP contribution in [0.1, 0.15) is 28.8 Å². The van der Waals surface area contributed by atoms with Crippen LogP contribution in [0.3, 0.4) is 0 Å². The maximum Gasteiger partial charge on any atom is 0.257 e. The summed E-state index contributed by atoms with van der Waals surface area (Å²) in [6, 6.07) is 11.4. The minimum absolute atomic E-state index is 0.0189. The zero-order valence-corrected chi connectivity index (χ0v) is 14.1. The number of carbonyl (C=O) groups excluding carboxylic acids is 1. The number of benzene rings is 2. The highest BCUT2D eigenvalue weighted by atomic mass is 79.9. The average Bonchev–Trinajstić information content (AvgIpc) is 2.97. The van der Waals surface area contributed by atoms with Crippen LogP contribution in [0.2, 0.25) is 0 Å². The van der Waals surface area contributed by atoms with Crippen LogP contribution in [-0.4, -0.2) is 28.5 Å². The van der Waals surface area contributed by atoms with E-state index in [1.54, 1.807) is 23.1 Å². The molecule has 3 rings (SSSR count). The predicted molar refractivity (Wildman–Crippen MR) is 90.0 cm³/mol. The highest BCUT2D eigenvalue weighted by molar-refractivity contribution is 9.10. The van der Waals surface area contributed by atoms with Gasteiger partial charge in [0, 0.05) is 17.1 Å². The summed E-state index contributed by atoms with van der Waals surface area (Å²) in [7, 11) is 0. The van der Waals surface area contributed by atoms with E-state index in [0.29, 0.717) is 18.5 Å². The van der Waals surface area contributed by atoms with Gasteiger partial charge < -0.3 is 10.0 Å². The standard InChI is InChI=1S/C18H17BrFNO2/c19-13-6-7-17(22)16(11-13)18(23)21-8-2-5-15(21)10-12-3-1-4-14(20)9-12/h1,3-4,6-7,9,11,15,22H,2,5,8,10H2. The van der Waals surface area contributed by atoms with Crippen LogP contribution >= 0.6 is 15.9 Å².